The Morgan fingerprint density at radius 1 is 1.18 bits per heavy atom. The number of nitrogens with zero attached hydrogens (tertiary/aromatic N) is 1. The van der Waals surface area contributed by atoms with Crippen LogP contribution in [0.4, 0.5) is 18.0 Å². The first kappa shape index (κ1) is 21.7. The molecule has 1 saturated heterocycles. The van der Waals surface area contributed by atoms with E-state index in [-0.39, 0.29) is 31.8 Å². The van der Waals surface area contributed by atoms with E-state index in [1.54, 1.807) is 6.92 Å². The largest absolute Gasteiger partial charge is 0.466 e. The van der Waals surface area contributed by atoms with E-state index in [4.69, 9.17) is 9.47 Å². The summed E-state index contributed by atoms with van der Waals surface area (Å²) in [6.45, 7) is 2.00. The molecule has 0 aliphatic carbocycles. The Morgan fingerprint density at radius 2 is 1.82 bits per heavy atom. The second-order valence-corrected chi connectivity index (χ2v) is 6.47. The zero-order chi connectivity index (χ0) is 20.9. The quantitative estimate of drug-likeness (QED) is 0.555. The van der Waals surface area contributed by atoms with Gasteiger partial charge in [0.05, 0.1) is 25.3 Å². The third-order valence-corrected chi connectivity index (χ3v) is 4.71. The van der Waals surface area contributed by atoms with Crippen LogP contribution in [0.5, 0.6) is 0 Å². The topological polar surface area (TPSA) is 72.9 Å². The number of hydrogen-bond acceptors (Lipinski definition) is 5. The maximum Gasteiger partial charge on any atom is 0.416 e. The highest BCUT2D eigenvalue weighted by atomic mass is 19.4. The normalized spacial score (nSPS) is 19.8. The van der Waals surface area contributed by atoms with E-state index in [0.29, 0.717) is 12.0 Å². The van der Waals surface area contributed by atoms with Crippen LogP contribution < -0.4 is 0 Å². The maximum absolute atomic E-state index is 12.8. The van der Waals surface area contributed by atoms with Gasteiger partial charge in [0, 0.05) is 12.5 Å². The van der Waals surface area contributed by atoms with Gasteiger partial charge in [-0.25, -0.2) is 4.79 Å². The zero-order valence-electron chi connectivity index (χ0n) is 15.6. The van der Waals surface area contributed by atoms with Crippen molar-refractivity contribution in [1.29, 1.82) is 0 Å². The smallest absolute Gasteiger partial charge is 0.416 e. The van der Waals surface area contributed by atoms with Crippen LogP contribution in [0.25, 0.3) is 0 Å². The van der Waals surface area contributed by atoms with Crippen molar-refractivity contribution in [3.8, 4) is 0 Å². The zero-order valence-corrected chi connectivity index (χ0v) is 15.6. The second-order valence-electron chi connectivity index (χ2n) is 6.47. The lowest BCUT2D eigenvalue weighted by molar-refractivity contribution is -0.146. The van der Waals surface area contributed by atoms with Gasteiger partial charge in [0.25, 0.3) is 0 Å². The number of esters is 1. The number of Topliss-reactive ketones (excluding diaryl/α,β-unsaturated/α-hetero) is 1. The number of alkyl halides is 3. The molecular weight excluding hydrogens is 379 g/mol. The molecule has 1 fully saturated rings. The fourth-order valence-corrected chi connectivity index (χ4v) is 3.30. The van der Waals surface area contributed by atoms with E-state index in [2.05, 4.69) is 0 Å². The van der Waals surface area contributed by atoms with Gasteiger partial charge in [-0.3, -0.25) is 9.59 Å². The highest BCUT2D eigenvalue weighted by molar-refractivity contribution is 5.97. The van der Waals surface area contributed by atoms with Gasteiger partial charge in [-0.1, -0.05) is 12.1 Å². The van der Waals surface area contributed by atoms with Crippen molar-refractivity contribution >= 4 is 17.8 Å². The number of halogens is 3. The van der Waals surface area contributed by atoms with E-state index in [9.17, 15) is 27.6 Å². The third kappa shape index (κ3) is 5.24. The minimum Gasteiger partial charge on any atom is -0.466 e. The molecule has 28 heavy (non-hydrogen) atoms. The van der Waals surface area contributed by atoms with E-state index < -0.39 is 35.8 Å². The summed E-state index contributed by atoms with van der Waals surface area (Å²) in [5.41, 5.74) is -0.335. The summed E-state index contributed by atoms with van der Waals surface area (Å²) in [5, 5.41) is 0. The van der Waals surface area contributed by atoms with Crippen LogP contribution in [0.3, 0.4) is 0 Å². The number of benzene rings is 1. The molecule has 0 radical (unpaired) electrons. The number of carbonyl (C=O) groups excluding carboxylic acids is 3. The fourth-order valence-electron chi connectivity index (χ4n) is 3.30. The predicted molar refractivity (Wildman–Crippen MR) is 92.3 cm³/mol. The summed E-state index contributed by atoms with van der Waals surface area (Å²) in [4.78, 5) is 37.4. The molecule has 6 nitrogen and oxygen atoms in total. The Kier molecular flexibility index (Phi) is 7.04. The van der Waals surface area contributed by atoms with Gasteiger partial charge in [0.1, 0.15) is 12.2 Å². The average molecular weight is 401 g/mol. The molecule has 2 rings (SSSR count). The number of methoxy groups -OCH3 is 1. The van der Waals surface area contributed by atoms with Crippen molar-refractivity contribution in [2.24, 2.45) is 5.92 Å². The van der Waals surface area contributed by atoms with Gasteiger partial charge >= 0.3 is 18.2 Å². The first-order chi connectivity index (χ1) is 13.2. The van der Waals surface area contributed by atoms with Crippen molar-refractivity contribution in [1.82, 2.24) is 4.90 Å². The molecule has 1 heterocycles. The molecule has 1 aromatic rings. The molecule has 0 saturated carbocycles. The molecule has 1 aliphatic heterocycles. The minimum absolute atomic E-state index is 0.168. The van der Waals surface area contributed by atoms with Crippen molar-refractivity contribution in [2.45, 2.75) is 38.4 Å². The Morgan fingerprint density at radius 3 is 2.36 bits per heavy atom. The molecule has 0 spiro atoms. The van der Waals surface area contributed by atoms with Crippen LogP contribution in [-0.4, -0.2) is 43.0 Å². The Balaban J connectivity index is 2.21. The molecule has 0 N–H and O–H groups in total. The monoisotopic (exact) mass is 401 g/mol. The predicted octanol–water partition coefficient (Wildman–Crippen LogP) is 3.75. The van der Waals surface area contributed by atoms with Gasteiger partial charge in [-0.05, 0) is 37.5 Å². The first-order valence-corrected chi connectivity index (χ1v) is 8.87. The summed E-state index contributed by atoms with van der Waals surface area (Å²) in [5.74, 6) is -1.42. The number of piperidine rings is 1. The molecule has 0 bridgehead atoms. The van der Waals surface area contributed by atoms with Crippen molar-refractivity contribution in [3.05, 3.63) is 35.4 Å². The Bertz CT molecular complexity index is 717. The standard InChI is InChI=1S/C19H22F3NO5/c1-3-28-17(25)11-16(24)13-8-9-23(18(26)27-2)15(10-13)12-4-6-14(7-5-12)19(20,21)22/h4-7,13,15H,3,8-11H2,1-2H3. The fraction of sp³-hybridized carbons (Fsp3) is 0.526. The number of ketones is 1. The molecule has 154 valence electrons. The number of ether oxygens (including phenoxy) is 2. The summed E-state index contributed by atoms with van der Waals surface area (Å²) < 4.78 is 47.9. The van der Waals surface area contributed by atoms with Crippen LogP contribution in [0.15, 0.2) is 24.3 Å². The van der Waals surface area contributed by atoms with Crippen LogP contribution in [0.2, 0.25) is 0 Å². The van der Waals surface area contributed by atoms with Crippen molar-refractivity contribution in [2.75, 3.05) is 20.3 Å². The molecular formula is C19H22F3NO5. The average Bonchev–Trinajstić information content (AvgIpc) is 2.66. The van der Waals surface area contributed by atoms with E-state index in [1.165, 1.54) is 24.1 Å². The number of rotatable bonds is 5. The highest BCUT2D eigenvalue weighted by Gasteiger charge is 2.37. The molecule has 2 atom stereocenters. The van der Waals surface area contributed by atoms with Crippen LogP contribution >= 0.6 is 0 Å². The lowest BCUT2D eigenvalue weighted by Crippen LogP contribution is -2.43. The summed E-state index contributed by atoms with van der Waals surface area (Å²) in [6.07, 6.45) is -4.92. The maximum atomic E-state index is 12.8. The summed E-state index contributed by atoms with van der Waals surface area (Å²) in [6, 6.07) is 3.84. The lowest BCUT2D eigenvalue weighted by atomic mass is 9.83. The van der Waals surface area contributed by atoms with E-state index in [0.717, 1.165) is 12.1 Å². The molecule has 2 unspecified atom stereocenters. The summed E-state index contributed by atoms with van der Waals surface area (Å²) >= 11 is 0. The van der Waals surface area contributed by atoms with Crippen LogP contribution in [-0.2, 0) is 25.2 Å². The van der Waals surface area contributed by atoms with Gasteiger partial charge in [0.15, 0.2) is 0 Å². The van der Waals surface area contributed by atoms with E-state index >= 15 is 0 Å². The molecule has 0 aromatic heterocycles. The molecule has 9 heteroatoms. The van der Waals surface area contributed by atoms with Crippen molar-refractivity contribution in [3.63, 3.8) is 0 Å². The highest BCUT2D eigenvalue weighted by Crippen LogP contribution is 2.37. The molecule has 1 amide bonds. The second kappa shape index (κ2) is 9.07. The van der Waals surface area contributed by atoms with Gasteiger partial charge in [-0.2, -0.15) is 13.2 Å². The number of likely N-dealkylation sites (tertiary alicyclic amines) is 1. The minimum atomic E-state index is -4.47. The number of hydrogen-bond donors (Lipinski definition) is 0. The summed E-state index contributed by atoms with van der Waals surface area (Å²) in [7, 11) is 1.21. The first-order valence-electron chi connectivity index (χ1n) is 8.87. The van der Waals surface area contributed by atoms with Gasteiger partial charge < -0.3 is 14.4 Å². The van der Waals surface area contributed by atoms with Crippen LogP contribution in [0, 0.1) is 5.92 Å². The number of amides is 1. The lowest BCUT2D eigenvalue weighted by Gasteiger charge is -2.38. The SMILES string of the molecule is CCOC(=O)CC(=O)C1CCN(C(=O)OC)C(c2ccc(C(F)(F)F)cc2)C1. The third-order valence-electron chi connectivity index (χ3n) is 4.71. The molecule has 1 aliphatic rings. The number of carbonyl (C=O) groups is 3. The molecule has 1 aromatic carbocycles. The van der Waals surface area contributed by atoms with Crippen molar-refractivity contribution < 1.29 is 37.0 Å². The Labute approximate surface area is 160 Å². The van der Waals surface area contributed by atoms with Gasteiger partial charge in [0.2, 0.25) is 0 Å². The Hall–Kier alpha value is -2.58. The van der Waals surface area contributed by atoms with E-state index in [1.807, 2.05) is 0 Å². The van der Waals surface area contributed by atoms with Crippen LogP contribution in [0.1, 0.15) is 43.4 Å². The van der Waals surface area contributed by atoms with Gasteiger partial charge in [-0.15, -0.1) is 0 Å².